The lowest BCUT2D eigenvalue weighted by atomic mass is 10.1. The quantitative estimate of drug-likeness (QED) is 0.618. The van der Waals surface area contributed by atoms with Gasteiger partial charge in [0.15, 0.2) is 15.3 Å². The molecule has 1 aliphatic rings. The molecule has 22 heavy (non-hydrogen) atoms. The molecule has 0 fully saturated rings. The summed E-state index contributed by atoms with van der Waals surface area (Å²) in [6.45, 7) is 2.16. The van der Waals surface area contributed by atoms with Crippen LogP contribution in [0.5, 0.6) is 11.5 Å². The summed E-state index contributed by atoms with van der Waals surface area (Å²) >= 11 is 2.08. The predicted molar refractivity (Wildman–Crippen MR) is 89.6 cm³/mol. The molecule has 2 heterocycles. The third-order valence-electron chi connectivity index (χ3n) is 3.25. The van der Waals surface area contributed by atoms with E-state index < -0.39 is 0 Å². The van der Waals surface area contributed by atoms with Gasteiger partial charge in [-0.3, -0.25) is 4.79 Å². The van der Waals surface area contributed by atoms with Crippen molar-refractivity contribution in [2.75, 3.05) is 6.79 Å². The van der Waals surface area contributed by atoms with Crippen LogP contribution in [0.15, 0.2) is 40.8 Å². The summed E-state index contributed by atoms with van der Waals surface area (Å²) in [6.07, 6.45) is 3.10. The van der Waals surface area contributed by atoms with Crippen molar-refractivity contribution in [1.82, 2.24) is 5.32 Å². The van der Waals surface area contributed by atoms with Crippen LogP contribution in [0.25, 0.3) is 6.08 Å². The molecule has 0 aliphatic carbocycles. The Morgan fingerprint density at radius 2 is 2.09 bits per heavy atom. The summed E-state index contributed by atoms with van der Waals surface area (Å²) in [7, 11) is 0. The summed E-state index contributed by atoms with van der Waals surface area (Å²) in [5.41, 5.74) is 0.957. The average Bonchev–Trinajstić information content (AvgIpc) is 3.12. The number of carbonyl (C=O) groups excluding carboxylic acids is 1. The van der Waals surface area contributed by atoms with Gasteiger partial charge in [-0.15, -0.1) is 0 Å². The Kier molecular flexibility index (Phi) is 4.37. The summed E-state index contributed by atoms with van der Waals surface area (Å²) in [6, 6.07) is 9.16. The maximum absolute atomic E-state index is 11.9. The van der Waals surface area contributed by atoms with Gasteiger partial charge < -0.3 is 19.2 Å². The topological polar surface area (TPSA) is 60.7 Å². The molecule has 0 spiro atoms. The minimum atomic E-state index is -0.184. The summed E-state index contributed by atoms with van der Waals surface area (Å²) in [4.78, 5) is 11.9. The summed E-state index contributed by atoms with van der Waals surface area (Å²) < 4.78 is 16.8. The van der Waals surface area contributed by atoms with E-state index in [0.717, 1.165) is 15.1 Å². The molecule has 3 rings (SSSR count). The lowest BCUT2D eigenvalue weighted by molar-refractivity contribution is -0.117. The molecule has 0 saturated carbocycles. The van der Waals surface area contributed by atoms with Crippen LogP contribution in [0.2, 0.25) is 0 Å². The average molecular weight is 411 g/mol. The third-order valence-corrected chi connectivity index (χ3v) is 3.83. The second kappa shape index (κ2) is 6.43. The van der Waals surface area contributed by atoms with Crippen molar-refractivity contribution in [3.05, 3.63) is 51.5 Å². The Balaban J connectivity index is 1.62. The SMILES string of the molecule is CC(NC(=O)/C=C/c1ccc(I)o1)c1ccc2c(c1)OCO2. The van der Waals surface area contributed by atoms with Gasteiger partial charge in [0.05, 0.1) is 6.04 Å². The zero-order valence-corrected chi connectivity index (χ0v) is 14.0. The first-order chi connectivity index (χ1) is 10.6. The Bertz CT molecular complexity index is 723. The zero-order valence-electron chi connectivity index (χ0n) is 11.8. The molecule has 1 aromatic heterocycles. The van der Waals surface area contributed by atoms with E-state index in [4.69, 9.17) is 13.9 Å². The Labute approximate surface area is 141 Å². The van der Waals surface area contributed by atoms with Crippen molar-refractivity contribution >= 4 is 34.6 Å². The standard InChI is InChI=1S/C16H14INO4/c1-10(11-2-5-13-14(8-11)21-9-20-13)18-16(19)7-4-12-3-6-15(17)22-12/h2-8,10H,9H2,1H3,(H,18,19)/b7-4+. The van der Waals surface area contributed by atoms with Crippen LogP contribution in [-0.4, -0.2) is 12.7 Å². The fraction of sp³-hybridized carbons (Fsp3) is 0.188. The van der Waals surface area contributed by atoms with Crippen LogP contribution in [0.3, 0.4) is 0 Å². The van der Waals surface area contributed by atoms with Gasteiger partial charge in [-0.1, -0.05) is 6.07 Å². The maximum Gasteiger partial charge on any atom is 0.244 e. The van der Waals surface area contributed by atoms with Crippen molar-refractivity contribution in [2.24, 2.45) is 0 Å². The van der Waals surface area contributed by atoms with Crippen molar-refractivity contribution < 1.29 is 18.7 Å². The van der Waals surface area contributed by atoms with Crippen molar-refractivity contribution in [1.29, 1.82) is 0 Å². The van der Waals surface area contributed by atoms with Gasteiger partial charge in [0.25, 0.3) is 0 Å². The number of hydrogen-bond acceptors (Lipinski definition) is 4. The summed E-state index contributed by atoms with van der Waals surface area (Å²) in [5, 5.41) is 2.90. The van der Waals surface area contributed by atoms with Crippen molar-refractivity contribution in [2.45, 2.75) is 13.0 Å². The predicted octanol–water partition coefficient (Wildman–Crippen LogP) is 3.50. The molecule has 114 valence electrons. The van der Waals surface area contributed by atoms with Gasteiger partial charge in [-0.25, -0.2) is 0 Å². The van der Waals surface area contributed by atoms with Gasteiger partial charge in [-0.2, -0.15) is 0 Å². The molecule has 1 atom stereocenters. The van der Waals surface area contributed by atoms with Crippen molar-refractivity contribution in [3.63, 3.8) is 0 Å². The Morgan fingerprint density at radius 3 is 2.86 bits per heavy atom. The molecular formula is C16H14INO4. The van der Waals surface area contributed by atoms with E-state index in [9.17, 15) is 4.79 Å². The highest BCUT2D eigenvalue weighted by atomic mass is 127. The molecule has 0 radical (unpaired) electrons. The van der Waals surface area contributed by atoms with E-state index in [1.807, 2.05) is 37.3 Å². The van der Waals surface area contributed by atoms with Crippen LogP contribution in [0.4, 0.5) is 0 Å². The highest BCUT2D eigenvalue weighted by molar-refractivity contribution is 14.1. The van der Waals surface area contributed by atoms with Gasteiger partial charge in [0.1, 0.15) is 5.76 Å². The number of rotatable bonds is 4. The number of furan rings is 1. The Hall–Kier alpha value is -1.96. The molecule has 1 unspecified atom stereocenters. The van der Waals surface area contributed by atoms with Crippen LogP contribution in [0.1, 0.15) is 24.3 Å². The number of halogens is 1. The van der Waals surface area contributed by atoms with E-state index in [-0.39, 0.29) is 18.7 Å². The number of nitrogens with one attached hydrogen (secondary N) is 1. The minimum Gasteiger partial charge on any atom is -0.454 e. The first-order valence-corrected chi connectivity index (χ1v) is 7.83. The zero-order chi connectivity index (χ0) is 15.5. The fourth-order valence-corrected chi connectivity index (χ4v) is 2.54. The Morgan fingerprint density at radius 1 is 1.27 bits per heavy atom. The van der Waals surface area contributed by atoms with E-state index >= 15 is 0 Å². The number of ether oxygens (including phenoxy) is 2. The molecule has 0 saturated heterocycles. The number of benzene rings is 1. The smallest absolute Gasteiger partial charge is 0.244 e. The maximum atomic E-state index is 11.9. The van der Waals surface area contributed by atoms with E-state index in [0.29, 0.717) is 11.5 Å². The van der Waals surface area contributed by atoms with Gasteiger partial charge in [0, 0.05) is 6.08 Å². The number of carbonyl (C=O) groups is 1. The molecule has 2 aromatic rings. The van der Waals surface area contributed by atoms with E-state index in [1.54, 1.807) is 6.08 Å². The largest absolute Gasteiger partial charge is 0.454 e. The lowest BCUT2D eigenvalue weighted by Crippen LogP contribution is -2.24. The van der Waals surface area contributed by atoms with Crippen molar-refractivity contribution in [3.8, 4) is 11.5 Å². The molecule has 1 amide bonds. The molecule has 1 aromatic carbocycles. The first-order valence-electron chi connectivity index (χ1n) is 6.75. The second-order valence-electron chi connectivity index (χ2n) is 4.82. The van der Waals surface area contributed by atoms with E-state index in [1.165, 1.54) is 6.08 Å². The highest BCUT2D eigenvalue weighted by Crippen LogP contribution is 2.34. The minimum absolute atomic E-state index is 0.136. The van der Waals surface area contributed by atoms with E-state index in [2.05, 4.69) is 27.9 Å². The number of hydrogen-bond donors (Lipinski definition) is 1. The molecule has 0 bridgehead atoms. The van der Waals surface area contributed by atoms with Crippen LogP contribution in [0, 0.1) is 3.77 Å². The molecular weight excluding hydrogens is 397 g/mol. The number of fused-ring (bicyclic) bond motifs is 1. The second-order valence-corrected chi connectivity index (χ2v) is 5.88. The number of amides is 1. The van der Waals surface area contributed by atoms with Gasteiger partial charge >= 0.3 is 0 Å². The van der Waals surface area contributed by atoms with Crippen LogP contribution < -0.4 is 14.8 Å². The molecule has 6 heteroatoms. The van der Waals surface area contributed by atoms with Crippen LogP contribution in [-0.2, 0) is 4.79 Å². The van der Waals surface area contributed by atoms with Crippen LogP contribution >= 0.6 is 22.6 Å². The molecule has 1 aliphatic heterocycles. The highest BCUT2D eigenvalue weighted by Gasteiger charge is 2.16. The normalized spacial score (nSPS) is 14.3. The van der Waals surface area contributed by atoms with Gasteiger partial charge in [-0.05, 0) is 65.4 Å². The summed E-state index contributed by atoms with van der Waals surface area (Å²) in [5.74, 6) is 1.90. The molecule has 5 nitrogen and oxygen atoms in total. The monoisotopic (exact) mass is 411 g/mol. The first kappa shape index (κ1) is 15.0. The fourth-order valence-electron chi connectivity index (χ4n) is 2.10. The lowest BCUT2D eigenvalue weighted by Gasteiger charge is -2.13. The molecule has 1 N–H and O–H groups in total. The van der Waals surface area contributed by atoms with Gasteiger partial charge in [0.2, 0.25) is 12.7 Å². The third kappa shape index (κ3) is 3.44.